The Morgan fingerprint density at radius 1 is 1.15 bits per heavy atom. The number of benzene rings is 1. The van der Waals surface area contributed by atoms with Gasteiger partial charge in [-0.2, -0.15) is 0 Å². The van der Waals surface area contributed by atoms with Crippen LogP contribution < -0.4 is 5.73 Å². The number of allylic oxidation sites excluding steroid dienone is 1. The molecule has 1 heterocycles. The predicted molar refractivity (Wildman–Crippen MR) is 87.8 cm³/mol. The molecule has 0 saturated heterocycles. The molecule has 2 heteroatoms. The highest BCUT2D eigenvalue weighted by atomic mass is 32.1. The second kappa shape index (κ2) is 4.78. The lowest BCUT2D eigenvalue weighted by atomic mass is 9.67. The van der Waals surface area contributed by atoms with Gasteiger partial charge < -0.3 is 5.73 Å². The Bertz CT molecular complexity index is 651. The van der Waals surface area contributed by atoms with E-state index in [9.17, 15) is 0 Å². The lowest BCUT2D eigenvalue weighted by Gasteiger charge is -2.37. The first-order valence-electron chi connectivity index (χ1n) is 7.16. The molecule has 20 heavy (non-hydrogen) atoms. The van der Waals surface area contributed by atoms with Crippen LogP contribution in [0, 0.1) is 5.92 Å². The van der Waals surface area contributed by atoms with E-state index in [0.29, 0.717) is 5.92 Å². The van der Waals surface area contributed by atoms with Crippen LogP contribution in [0.25, 0.3) is 5.70 Å². The van der Waals surface area contributed by atoms with Gasteiger partial charge in [0.25, 0.3) is 0 Å². The van der Waals surface area contributed by atoms with Gasteiger partial charge in [0.2, 0.25) is 0 Å². The summed E-state index contributed by atoms with van der Waals surface area (Å²) in [6.07, 6.45) is 1.02. The Morgan fingerprint density at radius 3 is 2.50 bits per heavy atom. The van der Waals surface area contributed by atoms with Gasteiger partial charge in [-0.05, 0) is 40.5 Å². The number of nitrogens with two attached hydrogens (primary N) is 1. The first kappa shape index (κ1) is 13.4. The van der Waals surface area contributed by atoms with E-state index in [-0.39, 0.29) is 5.41 Å². The molecular weight excluding hydrogens is 262 g/mol. The van der Waals surface area contributed by atoms with Crippen molar-refractivity contribution in [1.29, 1.82) is 0 Å². The van der Waals surface area contributed by atoms with E-state index >= 15 is 0 Å². The van der Waals surface area contributed by atoms with Crippen LogP contribution in [0.5, 0.6) is 0 Å². The molecule has 0 fully saturated rings. The van der Waals surface area contributed by atoms with Gasteiger partial charge in [0.05, 0.1) is 4.88 Å². The summed E-state index contributed by atoms with van der Waals surface area (Å²) in [7, 11) is 0. The van der Waals surface area contributed by atoms with Crippen molar-refractivity contribution in [1.82, 2.24) is 0 Å². The molecule has 1 aliphatic carbocycles. The molecule has 0 aliphatic heterocycles. The lowest BCUT2D eigenvalue weighted by molar-refractivity contribution is 0.523. The highest BCUT2D eigenvalue weighted by Crippen LogP contribution is 2.48. The van der Waals surface area contributed by atoms with Crippen LogP contribution in [-0.2, 0) is 5.41 Å². The molecule has 1 unspecified atom stereocenters. The molecule has 0 spiro atoms. The normalized spacial score (nSPS) is 22.2. The largest absolute Gasteiger partial charge is 0.398 e. The summed E-state index contributed by atoms with van der Waals surface area (Å²) in [6.45, 7) is 6.83. The first-order chi connectivity index (χ1) is 9.54. The van der Waals surface area contributed by atoms with Crippen molar-refractivity contribution in [2.24, 2.45) is 11.7 Å². The quantitative estimate of drug-likeness (QED) is 0.843. The van der Waals surface area contributed by atoms with E-state index in [4.69, 9.17) is 5.73 Å². The van der Waals surface area contributed by atoms with Crippen molar-refractivity contribution in [2.75, 3.05) is 0 Å². The lowest BCUT2D eigenvalue weighted by Crippen LogP contribution is -2.30. The topological polar surface area (TPSA) is 26.0 Å². The molecule has 2 aromatic rings. The molecule has 1 aromatic carbocycles. The fourth-order valence-corrected chi connectivity index (χ4v) is 4.27. The molecule has 104 valence electrons. The summed E-state index contributed by atoms with van der Waals surface area (Å²) in [5.41, 5.74) is 11.6. The predicted octanol–water partition coefficient (Wildman–Crippen LogP) is 4.78. The summed E-state index contributed by atoms with van der Waals surface area (Å²) >= 11 is 1.77. The maximum Gasteiger partial charge on any atom is 0.0540 e. The molecule has 1 nitrogen and oxygen atoms in total. The Balaban J connectivity index is 2.21. The van der Waals surface area contributed by atoms with Crippen LogP contribution in [0.15, 0.2) is 47.4 Å². The van der Waals surface area contributed by atoms with Gasteiger partial charge in [0.15, 0.2) is 0 Å². The molecule has 0 amide bonds. The van der Waals surface area contributed by atoms with Crippen molar-refractivity contribution >= 4 is 17.0 Å². The second-order valence-corrected chi connectivity index (χ2v) is 7.05. The SMILES string of the molecule is CC(C)C1=C(N)c2sccc2C(C)(c2ccccc2)C1. The average molecular weight is 283 g/mol. The van der Waals surface area contributed by atoms with Gasteiger partial charge >= 0.3 is 0 Å². The smallest absolute Gasteiger partial charge is 0.0540 e. The van der Waals surface area contributed by atoms with Gasteiger partial charge in [-0.1, -0.05) is 51.1 Å². The van der Waals surface area contributed by atoms with Crippen LogP contribution in [0.1, 0.15) is 43.2 Å². The summed E-state index contributed by atoms with van der Waals surface area (Å²) < 4.78 is 0. The molecule has 0 bridgehead atoms. The Morgan fingerprint density at radius 2 is 1.85 bits per heavy atom. The molecular formula is C18H21NS. The average Bonchev–Trinajstić information content (AvgIpc) is 2.94. The minimum absolute atomic E-state index is 0.0407. The molecule has 1 atom stereocenters. The highest BCUT2D eigenvalue weighted by molar-refractivity contribution is 7.11. The van der Waals surface area contributed by atoms with E-state index in [1.165, 1.54) is 21.6 Å². The second-order valence-electron chi connectivity index (χ2n) is 6.13. The zero-order valence-corrected chi connectivity index (χ0v) is 13.1. The zero-order chi connectivity index (χ0) is 14.3. The van der Waals surface area contributed by atoms with Crippen LogP contribution in [-0.4, -0.2) is 0 Å². The van der Waals surface area contributed by atoms with E-state index < -0.39 is 0 Å². The van der Waals surface area contributed by atoms with Gasteiger partial charge in [-0.15, -0.1) is 11.3 Å². The van der Waals surface area contributed by atoms with Crippen molar-refractivity contribution in [2.45, 2.75) is 32.6 Å². The standard InChI is InChI=1S/C18H21NS/c1-12(2)14-11-18(3,13-7-5-4-6-8-13)15-9-10-20-17(15)16(14)19/h4-10,12H,11,19H2,1-3H3. The Hall–Kier alpha value is -1.54. The number of thiophene rings is 1. The van der Waals surface area contributed by atoms with Gasteiger partial charge in [-0.3, -0.25) is 0 Å². The van der Waals surface area contributed by atoms with Crippen molar-refractivity contribution in [3.05, 3.63) is 63.4 Å². The zero-order valence-electron chi connectivity index (χ0n) is 12.3. The summed E-state index contributed by atoms with van der Waals surface area (Å²) in [4.78, 5) is 1.27. The minimum atomic E-state index is 0.0407. The monoisotopic (exact) mass is 283 g/mol. The van der Waals surface area contributed by atoms with E-state index in [1.54, 1.807) is 11.3 Å². The van der Waals surface area contributed by atoms with E-state index in [2.05, 4.69) is 62.5 Å². The number of rotatable bonds is 2. The maximum atomic E-state index is 6.43. The molecule has 0 radical (unpaired) electrons. The maximum absolute atomic E-state index is 6.43. The highest BCUT2D eigenvalue weighted by Gasteiger charge is 2.38. The third-order valence-electron chi connectivity index (χ3n) is 4.50. The number of fused-ring (bicyclic) bond motifs is 1. The van der Waals surface area contributed by atoms with Gasteiger partial charge in [0.1, 0.15) is 0 Å². The Kier molecular flexibility index (Phi) is 3.21. The number of hydrogen-bond donors (Lipinski definition) is 1. The fraction of sp³-hybridized carbons (Fsp3) is 0.333. The van der Waals surface area contributed by atoms with Crippen LogP contribution in [0.4, 0.5) is 0 Å². The Labute approximate surface area is 125 Å². The first-order valence-corrected chi connectivity index (χ1v) is 8.04. The van der Waals surface area contributed by atoms with Crippen molar-refractivity contribution in [3.63, 3.8) is 0 Å². The van der Waals surface area contributed by atoms with E-state index in [1.807, 2.05) is 0 Å². The molecule has 1 aliphatic rings. The molecule has 0 saturated carbocycles. The third kappa shape index (κ3) is 1.90. The van der Waals surface area contributed by atoms with Crippen molar-refractivity contribution < 1.29 is 0 Å². The number of hydrogen-bond acceptors (Lipinski definition) is 2. The van der Waals surface area contributed by atoms with Crippen LogP contribution in [0.3, 0.4) is 0 Å². The van der Waals surface area contributed by atoms with Crippen molar-refractivity contribution in [3.8, 4) is 0 Å². The molecule has 2 N–H and O–H groups in total. The fourth-order valence-electron chi connectivity index (χ4n) is 3.25. The summed E-state index contributed by atoms with van der Waals surface area (Å²) in [5.74, 6) is 0.494. The van der Waals surface area contributed by atoms with Crippen LogP contribution >= 0.6 is 11.3 Å². The minimum Gasteiger partial charge on any atom is -0.398 e. The molecule has 1 aromatic heterocycles. The van der Waals surface area contributed by atoms with Gasteiger partial charge in [0, 0.05) is 11.1 Å². The molecule has 3 rings (SSSR count). The van der Waals surface area contributed by atoms with Crippen LogP contribution in [0.2, 0.25) is 0 Å². The van der Waals surface area contributed by atoms with Gasteiger partial charge in [-0.25, -0.2) is 0 Å². The van der Waals surface area contributed by atoms with E-state index in [0.717, 1.165) is 12.1 Å². The third-order valence-corrected chi connectivity index (χ3v) is 5.45. The summed E-state index contributed by atoms with van der Waals surface area (Å²) in [6, 6.07) is 13.1. The summed E-state index contributed by atoms with van der Waals surface area (Å²) in [5, 5.41) is 2.17.